The van der Waals surface area contributed by atoms with E-state index in [0.29, 0.717) is 16.8 Å². The van der Waals surface area contributed by atoms with Crippen molar-refractivity contribution in [3.05, 3.63) is 57.9 Å². The van der Waals surface area contributed by atoms with Crippen LogP contribution >= 0.6 is 0 Å². The Labute approximate surface area is 120 Å². The second kappa shape index (κ2) is 5.27. The molecule has 2 rings (SSSR count). The van der Waals surface area contributed by atoms with E-state index in [1.165, 1.54) is 21.8 Å². The van der Waals surface area contributed by atoms with Crippen molar-refractivity contribution in [2.45, 2.75) is 13.1 Å². The normalized spacial score (nSPS) is 11.5. The van der Waals surface area contributed by atoms with Crippen LogP contribution < -0.4 is 10.6 Å². The number of halogens is 3. The molecule has 0 radical (unpaired) electrons. The van der Waals surface area contributed by atoms with Crippen molar-refractivity contribution in [2.75, 3.05) is 19.1 Å². The van der Waals surface area contributed by atoms with Crippen LogP contribution in [0, 0.1) is 6.92 Å². The molecule has 0 amide bonds. The second-order valence-corrected chi connectivity index (χ2v) is 4.99. The van der Waals surface area contributed by atoms with Gasteiger partial charge in [0, 0.05) is 25.7 Å². The number of rotatable bonds is 2. The Morgan fingerprint density at radius 2 is 1.76 bits per heavy atom. The molecule has 6 heteroatoms. The molecule has 0 aliphatic heterocycles. The van der Waals surface area contributed by atoms with Crippen molar-refractivity contribution in [3.8, 4) is 11.3 Å². The van der Waals surface area contributed by atoms with E-state index in [1.807, 2.05) is 0 Å². The van der Waals surface area contributed by atoms with E-state index in [2.05, 4.69) is 0 Å². The summed E-state index contributed by atoms with van der Waals surface area (Å²) in [5.41, 5.74) is 0.451. The fraction of sp³-hybridized carbons (Fsp3) is 0.267. The lowest BCUT2D eigenvalue weighted by molar-refractivity contribution is -0.137. The van der Waals surface area contributed by atoms with E-state index in [4.69, 9.17) is 0 Å². The first-order valence-electron chi connectivity index (χ1n) is 6.29. The van der Waals surface area contributed by atoms with Crippen LogP contribution in [0.25, 0.3) is 11.3 Å². The smallest absolute Gasteiger partial charge is 0.316 e. The van der Waals surface area contributed by atoms with Crippen molar-refractivity contribution in [2.24, 2.45) is 0 Å². The number of nitrogens with zero attached hydrogens (tertiary/aromatic N) is 2. The molecule has 0 spiro atoms. The monoisotopic (exact) mass is 296 g/mol. The highest BCUT2D eigenvalue weighted by molar-refractivity contribution is 5.62. The number of hydrogen-bond donors (Lipinski definition) is 0. The minimum Gasteiger partial charge on any atom is -0.316 e. The predicted octanol–water partition coefficient (Wildman–Crippen LogP) is 3.04. The number of aryl methyl sites for hydroxylation is 1. The van der Waals surface area contributed by atoms with Crippen LogP contribution in [0.4, 0.5) is 13.2 Å². The Morgan fingerprint density at radius 3 is 2.33 bits per heavy atom. The van der Waals surface area contributed by atoms with Crippen molar-refractivity contribution in [3.63, 3.8) is 0 Å². The molecule has 0 bridgehead atoms. The van der Waals surface area contributed by atoms with Crippen LogP contribution in [0.3, 0.4) is 0 Å². The van der Waals surface area contributed by atoms with E-state index in [0.717, 1.165) is 12.1 Å². The third-order valence-electron chi connectivity index (χ3n) is 3.04. The maximum Gasteiger partial charge on any atom is 0.416 e. The highest BCUT2D eigenvalue weighted by Gasteiger charge is 2.30. The molecule has 2 aromatic rings. The standard InChI is InChI=1S/C15H15F3N2O/c1-10-7-13(20(19(2)3)14(21)8-10)11-5-4-6-12(9-11)15(16,17)18/h4-9H,1-3H3. The second-order valence-electron chi connectivity index (χ2n) is 4.99. The first-order chi connectivity index (χ1) is 9.70. The molecule has 0 saturated carbocycles. The minimum atomic E-state index is -4.41. The van der Waals surface area contributed by atoms with E-state index >= 15 is 0 Å². The van der Waals surface area contributed by atoms with E-state index in [9.17, 15) is 18.0 Å². The average Bonchev–Trinajstić information content (AvgIpc) is 2.36. The van der Waals surface area contributed by atoms with Crippen LogP contribution in [0.1, 0.15) is 11.1 Å². The van der Waals surface area contributed by atoms with Gasteiger partial charge in [-0.1, -0.05) is 12.1 Å². The van der Waals surface area contributed by atoms with Gasteiger partial charge in [0.2, 0.25) is 0 Å². The quantitative estimate of drug-likeness (QED) is 0.851. The van der Waals surface area contributed by atoms with Gasteiger partial charge in [-0.15, -0.1) is 0 Å². The third kappa shape index (κ3) is 3.09. The van der Waals surface area contributed by atoms with E-state index in [1.54, 1.807) is 33.2 Å². The molecular formula is C15H15F3N2O. The lowest BCUT2D eigenvalue weighted by atomic mass is 10.1. The molecule has 1 heterocycles. The van der Waals surface area contributed by atoms with Crippen molar-refractivity contribution in [1.82, 2.24) is 4.68 Å². The molecule has 1 aromatic carbocycles. The van der Waals surface area contributed by atoms with Crippen LogP contribution in [0.5, 0.6) is 0 Å². The lowest BCUT2D eigenvalue weighted by Crippen LogP contribution is -2.36. The van der Waals surface area contributed by atoms with E-state index < -0.39 is 11.7 Å². The number of hydrogen-bond acceptors (Lipinski definition) is 2. The topological polar surface area (TPSA) is 25.2 Å². The average molecular weight is 296 g/mol. The van der Waals surface area contributed by atoms with Crippen LogP contribution in [0.15, 0.2) is 41.2 Å². The summed E-state index contributed by atoms with van der Waals surface area (Å²) >= 11 is 0. The Hall–Kier alpha value is -2.24. The molecule has 21 heavy (non-hydrogen) atoms. The molecule has 3 nitrogen and oxygen atoms in total. The Balaban J connectivity index is 2.70. The summed E-state index contributed by atoms with van der Waals surface area (Å²) in [5, 5.41) is 1.54. The molecule has 0 saturated heterocycles. The van der Waals surface area contributed by atoms with Gasteiger partial charge in [-0.25, -0.2) is 4.68 Å². The minimum absolute atomic E-state index is 0.285. The molecule has 0 unspecified atom stereocenters. The van der Waals surface area contributed by atoms with Crippen LogP contribution in [0.2, 0.25) is 0 Å². The van der Waals surface area contributed by atoms with Gasteiger partial charge in [0.15, 0.2) is 0 Å². The summed E-state index contributed by atoms with van der Waals surface area (Å²) in [7, 11) is 3.32. The summed E-state index contributed by atoms with van der Waals surface area (Å²) in [5.74, 6) is 0. The largest absolute Gasteiger partial charge is 0.416 e. The SMILES string of the molecule is Cc1cc(-c2cccc(C(F)(F)F)c2)n(N(C)C)c(=O)c1. The Morgan fingerprint density at radius 1 is 1.10 bits per heavy atom. The summed E-state index contributed by atoms with van der Waals surface area (Å²) in [4.78, 5) is 12.1. The molecule has 0 aliphatic rings. The van der Waals surface area contributed by atoms with Gasteiger partial charge in [0.05, 0.1) is 11.3 Å². The predicted molar refractivity (Wildman–Crippen MR) is 75.9 cm³/mol. The molecular weight excluding hydrogens is 281 g/mol. The zero-order valence-electron chi connectivity index (χ0n) is 11.9. The fourth-order valence-electron chi connectivity index (χ4n) is 2.17. The highest BCUT2D eigenvalue weighted by Crippen LogP contribution is 2.32. The molecule has 112 valence electrons. The van der Waals surface area contributed by atoms with Crippen molar-refractivity contribution in [1.29, 1.82) is 0 Å². The zero-order valence-corrected chi connectivity index (χ0v) is 11.9. The summed E-state index contributed by atoms with van der Waals surface area (Å²) in [6.07, 6.45) is -4.41. The molecule has 0 N–H and O–H groups in total. The van der Waals surface area contributed by atoms with E-state index in [-0.39, 0.29) is 5.56 Å². The maximum absolute atomic E-state index is 12.8. The molecule has 0 fully saturated rings. The number of aromatic nitrogens is 1. The zero-order chi connectivity index (χ0) is 15.8. The third-order valence-corrected chi connectivity index (χ3v) is 3.04. The first-order valence-corrected chi connectivity index (χ1v) is 6.29. The molecule has 1 aromatic heterocycles. The van der Waals surface area contributed by atoms with Crippen molar-refractivity contribution >= 4 is 0 Å². The maximum atomic E-state index is 12.8. The molecule has 0 aliphatic carbocycles. The van der Waals surface area contributed by atoms with Gasteiger partial charge < -0.3 is 5.01 Å². The van der Waals surface area contributed by atoms with Gasteiger partial charge in [-0.2, -0.15) is 13.2 Å². The number of alkyl halides is 3. The fourth-order valence-corrected chi connectivity index (χ4v) is 2.17. The summed E-state index contributed by atoms with van der Waals surface area (Å²) < 4.78 is 39.8. The van der Waals surface area contributed by atoms with Crippen LogP contribution in [-0.2, 0) is 6.18 Å². The Bertz CT molecular complexity index is 718. The van der Waals surface area contributed by atoms with Gasteiger partial charge in [0.1, 0.15) is 0 Å². The van der Waals surface area contributed by atoms with Gasteiger partial charge in [-0.05, 0) is 30.7 Å². The van der Waals surface area contributed by atoms with Gasteiger partial charge >= 0.3 is 6.18 Å². The number of benzene rings is 1. The van der Waals surface area contributed by atoms with Gasteiger partial charge in [-0.3, -0.25) is 4.79 Å². The van der Waals surface area contributed by atoms with Gasteiger partial charge in [0.25, 0.3) is 5.56 Å². The summed E-state index contributed by atoms with van der Waals surface area (Å²) in [6.45, 7) is 1.73. The first kappa shape index (κ1) is 15.2. The highest BCUT2D eigenvalue weighted by atomic mass is 19.4. The Kier molecular flexibility index (Phi) is 3.80. The van der Waals surface area contributed by atoms with Crippen LogP contribution in [-0.4, -0.2) is 18.8 Å². The lowest BCUT2D eigenvalue weighted by Gasteiger charge is -2.21. The van der Waals surface area contributed by atoms with Crippen molar-refractivity contribution < 1.29 is 13.2 Å². The molecule has 0 atom stereocenters. The number of pyridine rings is 1. The summed E-state index contributed by atoms with van der Waals surface area (Å²) in [6, 6.07) is 8.09.